The van der Waals surface area contributed by atoms with Crippen LogP contribution in [0, 0.1) is 5.82 Å². The number of benzene rings is 1. The van der Waals surface area contributed by atoms with E-state index in [9.17, 15) is 9.18 Å². The molecule has 5 nitrogen and oxygen atoms in total. The molecule has 110 valence electrons. The number of halogens is 1. The van der Waals surface area contributed by atoms with Crippen molar-refractivity contribution >= 4 is 5.91 Å². The smallest absolute Gasteiger partial charge is 0.274 e. The topological polar surface area (TPSA) is 61.0 Å². The van der Waals surface area contributed by atoms with Gasteiger partial charge in [-0.3, -0.25) is 9.89 Å². The molecule has 0 saturated carbocycles. The fraction of sp³-hybridized carbons (Fsp3) is 0.333. The van der Waals surface area contributed by atoms with E-state index in [1.165, 1.54) is 12.1 Å². The van der Waals surface area contributed by atoms with Gasteiger partial charge in [0.2, 0.25) is 0 Å². The van der Waals surface area contributed by atoms with Crippen molar-refractivity contribution in [1.29, 1.82) is 0 Å². The van der Waals surface area contributed by atoms with Crippen molar-refractivity contribution in [3.8, 4) is 0 Å². The fourth-order valence-electron chi connectivity index (χ4n) is 2.52. The second-order valence-corrected chi connectivity index (χ2v) is 5.24. The van der Waals surface area contributed by atoms with Gasteiger partial charge in [-0.15, -0.1) is 0 Å². The molecular formula is C15H17FN4O. The molecule has 0 unspecified atom stereocenters. The molecular weight excluding hydrogens is 271 g/mol. The van der Waals surface area contributed by atoms with Gasteiger partial charge in [0.05, 0.1) is 0 Å². The Morgan fingerprint density at radius 2 is 2.14 bits per heavy atom. The van der Waals surface area contributed by atoms with Gasteiger partial charge in [0, 0.05) is 44.4 Å². The van der Waals surface area contributed by atoms with Gasteiger partial charge < -0.3 is 10.2 Å². The molecule has 1 amide bonds. The lowest BCUT2D eigenvalue weighted by Crippen LogP contribution is -2.29. The number of nitrogens with one attached hydrogen (secondary N) is 2. The minimum absolute atomic E-state index is 0.125. The number of amides is 1. The van der Waals surface area contributed by atoms with Crippen molar-refractivity contribution in [2.24, 2.45) is 0 Å². The van der Waals surface area contributed by atoms with Gasteiger partial charge >= 0.3 is 0 Å². The molecule has 0 atom stereocenters. The summed E-state index contributed by atoms with van der Waals surface area (Å²) in [6.45, 7) is 1.99. The molecule has 1 aromatic heterocycles. The summed E-state index contributed by atoms with van der Waals surface area (Å²) in [5.74, 6) is -0.402. The maximum atomic E-state index is 12.9. The van der Waals surface area contributed by atoms with Gasteiger partial charge in [-0.25, -0.2) is 4.39 Å². The Labute approximate surface area is 122 Å². The fourth-order valence-corrected chi connectivity index (χ4v) is 2.52. The Hall–Kier alpha value is -2.21. The number of H-pyrrole nitrogens is 1. The normalized spacial score (nSPS) is 13.8. The molecule has 1 aliphatic heterocycles. The summed E-state index contributed by atoms with van der Waals surface area (Å²) in [4.78, 5) is 14.1. The first-order valence-corrected chi connectivity index (χ1v) is 6.92. The molecule has 0 saturated heterocycles. The van der Waals surface area contributed by atoms with Crippen LogP contribution in [-0.4, -0.2) is 34.6 Å². The van der Waals surface area contributed by atoms with Crippen LogP contribution in [0.3, 0.4) is 0 Å². The van der Waals surface area contributed by atoms with E-state index < -0.39 is 0 Å². The Bertz CT molecular complexity index is 650. The second kappa shape index (κ2) is 5.65. The van der Waals surface area contributed by atoms with Crippen molar-refractivity contribution in [2.75, 3.05) is 13.6 Å². The first-order valence-electron chi connectivity index (χ1n) is 6.92. The van der Waals surface area contributed by atoms with E-state index in [4.69, 9.17) is 0 Å². The van der Waals surface area contributed by atoms with Crippen molar-refractivity contribution in [3.05, 3.63) is 52.6 Å². The van der Waals surface area contributed by atoms with Crippen LogP contribution in [0.1, 0.15) is 27.3 Å². The first-order chi connectivity index (χ1) is 10.1. The molecule has 2 aromatic rings. The van der Waals surface area contributed by atoms with E-state index in [2.05, 4.69) is 15.5 Å². The van der Waals surface area contributed by atoms with Crippen LogP contribution < -0.4 is 5.32 Å². The SMILES string of the molecule is CN(Cc1ccc(F)cc1)C(=O)c1n[nH]c2c1CNCC2. The largest absolute Gasteiger partial charge is 0.336 e. The van der Waals surface area contributed by atoms with E-state index in [1.54, 1.807) is 24.1 Å². The third kappa shape index (κ3) is 2.80. The zero-order valence-electron chi connectivity index (χ0n) is 11.8. The predicted molar refractivity (Wildman–Crippen MR) is 76.2 cm³/mol. The van der Waals surface area contributed by atoms with E-state index in [1.807, 2.05) is 0 Å². The highest BCUT2D eigenvalue weighted by molar-refractivity contribution is 5.93. The van der Waals surface area contributed by atoms with Crippen LogP contribution in [0.15, 0.2) is 24.3 Å². The average molecular weight is 288 g/mol. The highest BCUT2D eigenvalue weighted by Gasteiger charge is 2.23. The van der Waals surface area contributed by atoms with Crippen LogP contribution in [-0.2, 0) is 19.5 Å². The maximum absolute atomic E-state index is 12.9. The number of rotatable bonds is 3. The molecule has 0 bridgehead atoms. The van der Waals surface area contributed by atoms with Crippen molar-refractivity contribution in [2.45, 2.75) is 19.5 Å². The Kier molecular flexibility index (Phi) is 3.70. The summed E-state index contributed by atoms with van der Waals surface area (Å²) in [6, 6.07) is 6.16. The summed E-state index contributed by atoms with van der Waals surface area (Å²) in [6.07, 6.45) is 0.858. The van der Waals surface area contributed by atoms with E-state index in [-0.39, 0.29) is 11.7 Å². The van der Waals surface area contributed by atoms with Crippen LogP contribution in [0.4, 0.5) is 4.39 Å². The zero-order valence-corrected chi connectivity index (χ0v) is 11.8. The molecule has 0 spiro atoms. The van der Waals surface area contributed by atoms with Gasteiger partial charge in [0.1, 0.15) is 5.82 Å². The highest BCUT2D eigenvalue weighted by atomic mass is 19.1. The first kappa shape index (κ1) is 13.8. The summed E-state index contributed by atoms with van der Waals surface area (Å²) in [7, 11) is 1.73. The standard InChI is InChI=1S/C15H17FN4O/c1-20(9-10-2-4-11(16)5-3-10)15(21)14-12-8-17-7-6-13(12)18-19-14/h2-5,17H,6-9H2,1H3,(H,18,19). The lowest BCUT2D eigenvalue weighted by atomic mass is 10.1. The number of hydrogen-bond acceptors (Lipinski definition) is 3. The molecule has 2 N–H and O–H groups in total. The van der Waals surface area contributed by atoms with Crippen molar-refractivity contribution in [3.63, 3.8) is 0 Å². The monoisotopic (exact) mass is 288 g/mol. The van der Waals surface area contributed by atoms with Crippen LogP contribution >= 0.6 is 0 Å². The number of fused-ring (bicyclic) bond motifs is 1. The van der Waals surface area contributed by atoms with Gasteiger partial charge in [-0.2, -0.15) is 5.10 Å². The Balaban J connectivity index is 1.75. The van der Waals surface area contributed by atoms with Crippen LogP contribution in [0.2, 0.25) is 0 Å². The lowest BCUT2D eigenvalue weighted by Gasteiger charge is -2.18. The number of aromatic amines is 1. The number of carbonyl (C=O) groups excluding carboxylic acids is 1. The minimum Gasteiger partial charge on any atom is -0.336 e. The highest BCUT2D eigenvalue weighted by Crippen LogP contribution is 2.17. The molecule has 6 heteroatoms. The maximum Gasteiger partial charge on any atom is 0.274 e. The third-order valence-electron chi connectivity index (χ3n) is 3.69. The van der Waals surface area contributed by atoms with Gasteiger partial charge in [-0.1, -0.05) is 12.1 Å². The van der Waals surface area contributed by atoms with E-state index in [0.717, 1.165) is 29.8 Å². The molecule has 0 fully saturated rings. The second-order valence-electron chi connectivity index (χ2n) is 5.24. The Morgan fingerprint density at radius 1 is 1.38 bits per heavy atom. The third-order valence-corrected chi connectivity index (χ3v) is 3.69. The van der Waals surface area contributed by atoms with Gasteiger partial charge in [-0.05, 0) is 17.7 Å². The number of aromatic nitrogens is 2. The summed E-state index contributed by atoms with van der Waals surface area (Å²) < 4.78 is 12.9. The van der Waals surface area contributed by atoms with Gasteiger partial charge in [0.25, 0.3) is 5.91 Å². The zero-order chi connectivity index (χ0) is 14.8. The van der Waals surface area contributed by atoms with Crippen molar-refractivity contribution in [1.82, 2.24) is 20.4 Å². The molecule has 3 rings (SSSR count). The minimum atomic E-state index is -0.278. The molecule has 0 aliphatic carbocycles. The number of carbonyl (C=O) groups is 1. The van der Waals surface area contributed by atoms with E-state index >= 15 is 0 Å². The molecule has 2 heterocycles. The van der Waals surface area contributed by atoms with Gasteiger partial charge in [0.15, 0.2) is 5.69 Å². The number of nitrogens with zero attached hydrogens (tertiary/aromatic N) is 2. The van der Waals surface area contributed by atoms with Crippen LogP contribution in [0.25, 0.3) is 0 Å². The molecule has 0 radical (unpaired) electrons. The average Bonchev–Trinajstić information content (AvgIpc) is 2.92. The summed E-state index contributed by atoms with van der Waals surface area (Å²) in [5.41, 5.74) is 3.35. The van der Waals surface area contributed by atoms with Crippen molar-refractivity contribution < 1.29 is 9.18 Å². The van der Waals surface area contributed by atoms with E-state index in [0.29, 0.717) is 18.8 Å². The summed E-state index contributed by atoms with van der Waals surface area (Å²) in [5, 5.41) is 10.3. The Morgan fingerprint density at radius 3 is 2.90 bits per heavy atom. The quantitative estimate of drug-likeness (QED) is 0.899. The summed E-state index contributed by atoms with van der Waals surface area (Å²) >= 11 is 0. The molecule has 21 heavy (non-hydrogen) atoms. The molecule has 1 aromatic carbocycles. The predicted octanol–water partition coefficient (Wildman–Crippen LogP) is 1.47. The van der Waals surface area contributed by atoms with Crippen LogP contribution in [0.5, 0.6) is 0 Å². The molecule has 1 aliphatic rings. The number of hydrogen-bond donors (Lipinski definition) is 2. The lowest BCUT2D eigenvalue weighted by molar-refractivity contribution is 0.0778.